The number of hydrogen-bond acceptors (Lipinski definition) is 2. The molecule has 0 saturated heterocycles. The van der Waals surface area contributed by atoms with Crippen molar-refractivity contribution < 1.29 is 8.42 Å². The van der Waals surface area contributed by atoms with Gasteiger partial charge in [-0.05, 0) is 12.8 Å². The highest BCUT2D eigenvalue weighted by molar-refractivity contribution is 7.93. The van der Waals surface area contributed by atoms with Crippen molar-refractivity contribution in [1.29, 1.82) is 0 Å². The Morgan fingerprint density at radius 3 is 2.10 bits per heavy atom. The minimum atomic E-state index is -3.42. The zero-order valence-electron chi connectivity index (χ0n) is 6.29. The van der Waals surface area contributed by atoms with Gasteiger partial charge in [0.15, 0.2) is 0 Å². The van der Waals surface area contributed by atoms with E-state index in [2.05, 4.69) is 0 Å². The summed E-state index contributed by atoms with van der Waals surface area (Å²) in [5.41, 5.74) is 0. The summed E-state index contributed by atoms with van der Waals surface area (Å²) in [6, 6.07) is 0. The van der Waals surface area contributed by atoms with E-state index in [1.165, 1.54) is 0 Å². The van der Waals surface area contributed by atoms with Crippen LogP contribution in [-0.2, 0) is 10.0 Å². The predicted molar refractivity (Wildman–Crippen MR) is 41.8 cm³/mol. The normalized spacial score (nSPS) is 13.7. The van der Waals surface area contributed by atoms with Crippen molar-refractivity contribution in [2.45, 2.75) is 26.7 Å². The third-order valence-corrected chi connectivity index (χ3v) is 2.33. The molecule has 0 aromatic carbocycles. The van der Waals surface area contributed by atoms with Crippen molar-refractivity contribution in [1.82, 2.24) is 0 Å². The molecule has 0 saturated carbocycles. The summed E-state index contributed by atoms with van der Waals surface area (Å²) in [6.45, 7) is 3.65. The monoisotopic (exact) mass is 163 g/mol. The van der Waals surface area contributed by atoms with Crippen molar-refractivity contribution in [2.24, 2.45) is 5.14 Å². The van der Waals surface area contributed by atoms with E-state index in [9.17, 15) is 8.42 Å². The summed E-state index contributed by atoms with van der Waals surface area (Å²) >= 11 is 0. The van der Waals surface area contributed by atoms with Crippen LogP contribution in [0.3, 0.4) is 0 Å². The van der Waals surface area contributed by atoms with Crippen molar-refractivity contribution in [3.63, 3.8) is 0 Å². The van der Waals surface area contributed by atoms with Gasteiger partial charge in [0, 0.05) is 0 Å². The fraction of sp³-hybridized carbons (Fsp3) is 0.667. The number of primary sulfonamides is 1. The van der Waals surface area contributed by atoms with E-state index in [1.807, 2.05) is 6.92 Å². The van der Waals surface area contributed by atoms with Crippen molar-refractivity contribution in [2.75, 3.05) is 0 Å². The van der Waals surface area contributed by atoms with Crippen LogP contribution in [0.15, 0.2) is 11.0 Å². The number of hydrogen-bond donors (Lipinski definition) is 1. The molecule has 0 fully saturated rings. The van der Waals surface area contributed by atoms with E-state index in [0.29, 0.717) is 17.7 Å². The van der Waals surface area contributed by atoms with Crippen LogP contribution < -0.4 is 5.14 Å². The Labute approximate surface area is 62.0 Å². The van der Waals surface area contributed by atoms with E-state index < -0.39 is 10.0 Å². The first kappa shape index (κ1) is 9.65. The molecule has 3 nitrogen and oxygen atoms in total. The van der Waals surface area contributed by atoms with Gasteiger partial charge in [0.05, 0.1) is 4.91 Å². The summed E-state index contributed by atoms with van der Waals surface area (Å²) in [6.07, 6.45) is 2.82. The van der Waals surface area contributed by atoms with Gasteiger partial charge in [-0.25, -0.2) is 13.6 Å². The number of sulfonamides is 1. The van der Waals surface area contributed by atoms with Gasteiger partial charge in [0.2, 0.25) is 10.0 Å². The molecule has 0 atom stereocenters. The van der Waals surface area contributed by atoms with E-state index in [0.717, 1.165) is 0 Å². The third kappa shape index (κ3) is 2.98. The quantitative estimate of drug-likeness (QED) is 0.674. The lowest BCUT2D eigenvalue weighted by Gasteiger charge is -1.98. The van der Waals surface area contributed by atoms with Crippen LogP contribution in [0.25, 0.3) is 0 Å². The van der Waals surface area contributed by atoms with Crippen LogP contribution >= 0.6 is 0 Å². The van der Waals surface area contributed by atoms with Crippen molar-refractivity contribution in [3.8, 4) is 0 Å². The zero-order chi connectivity index (χ0) is 8.20. The Balaban J connectivity index is 4.54. The maximum atomic E-state index is 10.7. The lowest BCUT2D eigenvalue weighted by atomic mass is 10.3. The molecule has 10 heavy (non-hydrogen) atoms. The fourth-order valence-electron chi connectivity index (χ4n) is 0.689. The molecular formula is C6H13NO2S. The molecule has 4 heteroatoms. The Morgan fingerprint density at radius 1 is 1.50 bits per heavy atom. The first-order valence-corrected chi connectivity index (χ1v) is 4.78. The summed E-state index contributed by atoms with van der Waals surface area (Å²) < 4.78 is 21.3. The average molecular weight is 163 g/mol. The van der Waals surface area contributed by atoms with Crippen LogP contribution in [0.5, 0.6) is 0 Å². The van der Waals surface area contributed by atoms with Crippen LogP contribution in [-0.4, -0.2) is 8.42 Å². The first-order chi connectivity index (χ1) is 4.52. The Morgan fingerprint density at radius 2 is 2.00 bits per heavy atom. The largest absolute Gasteiger partial charge is 0.233 e. The summed E-state index contributed by atoms with van der Waals surface area (Å²) in [5.74, 6) is 0. The highest BCUT2D eigenvalue weighted by atomic mass is 32.2. The Bertz CT molecular complexity index is 216. The Hall–Kier alpha value is -0.350. The maximum Gasteiger partial charge on any atom is 0.233 e. The number of rotatable bonds is 3. The molecule has 0 bridgehead atoms. The topological polar surface area (TPSA) is 60.2 Å². The minimum Gasteiger partial charge on any atom is -0.225 e. The molecule has 0 aliphatic heterocycles. The van der Waals surface area contributed by atoms with E-state index >= 15 is 0 Å². The molecule has 0 aromatic heterocycles. The van der Waals surface area contributed by atoms with Gasteiger partial charge < -0.3 is 0 Å². The summed E-state index contributed by atoms with van der Waals surface area (Å²) in [4.78, 5) is 0.329. The van der Waals surface area contributed by atoms with E-state index in [4.69, 9.17) is 5.14 Å². The van der Waals surface area contributed by atoms with Gasteiger partial charge in [-0.1, -0.05) is 19.9 Å². The summed E-state index contributed by atoms with van der Waals surface area (Å²) in [7, 11) is -3.42. The SMILES string of the molecule is CC/C=C(/CC)S(N)(=O)=O. The van der Waals surface area contributed by atoms with Crippen molar-refractivity contribution >= 4 is 10.0 Å². The molecule has 0 radical (unpaired) electrons. The average Bonchev–Trinajstić information content (AvgIpc) is 1.80. The zero-order valence-corrected chi connectivity index (χ0v) is 7.11. The van der Waals surface area contributed by atoms with Crippen LogP contribution in [0.4, 0.5) is 0 Å². The molecule has 0 aliphatic carbocycles. The van der Waals surface area contributed by atoms with E-state index in [-0.39, 0.29) is 0 Å². The minimum absolute atomic E-state index is 0.329. The van der Waals surface area contributed by atoms with Gasteiger partial charge in [0.25, 0.3) is 0 Å². The highest BCUT2D eigenvalue weighted by Gasteiger charge is 2.06. The first-order valence-electron chi connectivity index (χ1n) is 3.24. The van der Waals surface area contributed by atoms with Crippen molar-refractivity contribution in [3.05, 3.63) is 11.0 Å². The number of allylic oxidation sites excluding steroid dienone is 2. The van der Waals surface area contributed by atoms with Gasteiger partial charge >= 0.3 is 0 Å². The highest BCUT2D eigenvalue weighted by Crippen LogP contribution is 2.06. The second-order valence-electron chi connectivity index (χ2n) is 1.98. The molecular weight excluding hydrogens is 150 g/mol. The maximum absolute atomic E-state index is 10.7. The van der Waals surface area contributed by atoms with Gasteiger partial charge in [-0.2, -0.15) is 0 Å². The molecule has 0 heterocycles. The van der Waals surface area contributed by atoms with Gasteiger partial charge in [0.1, 0.15) is 0 Å². The molecule has 60 valence electrons. The van der Waals surface area contributed by atoms with Gasteiger partial charge in [-0.3, -0.25) is 0 Å². The Kier molecular flexibility index (Phi) is 3.60. The van der Waals surface area contributed by atoms with Gasteiger partial charge in [-0.15, -0.1) is 0 Å². The standard InChI is InChI=1S/C6H13NO2S/c1-3-5-6(4-2)10(7,8)9/h5H,3-4H2,1-2H3,(H2,7,8,9)/b6-5-. The van der Waals surface area contributed by atoms with Crippen LogP contribution in [0.2, 0.25) is 0 Å². The number of nitrogens with two attached hydrogens (primary N) is 1. The molecule has 0 aromatic rings. The van der Waals surface area contributed by atoms with Crippen LogP contribution in [0, 0.1) is 0 Å². The lowest BCUT2D eigenvalue weighted by molar-refractivity contribution is 0.602. The summed E-state index contributed by atoms with van der Waals surface area (Å²) in [5, 5.41) is 4.88. The molecule has 0 aliphatic rings. The second-order valence-corrected chi connectivity index (χ2v) is 3.59. The smallest absolute Gasteiger partial charge is 0.225 e. The lowest BCUT2D eigenvalue weighted by Crippen LogP contribution is -2.13. The molecule has 0 spiro atoms. The van der Waals surface area contributed by atoms with Crippen LogP contribution in [0.1, 0.15) is 26.7 Å². The molecule has 0 rings (SSSR count). The fourth-order valence-corrected chi connectivity index (χ4v) is 1.49. The predicted octanol–water partition coefficient (Wildman–Crippen LogP) is 0.979. The molecule has 0 unspecified atom stereocenters. The molecule has 2 N–H and O–H groups in total. The third-order valence-electron chi connectivity index (χ3n) is 1.15. The van der Waals surface area contributed by atoms with E-state index in [1.54, 1.807) is 13.0 Å². The second kappa shape index (κ2) is 3.73. The molecule has 0 amide bonds.